The molecular formula is C12H14. The average molecular weight is 158 g/mol. The van der Waals surface area contributed by atoms with Gasteiger partial charge in [0.15, 0.2) is 0 Å². The zero-order valence-corrected chi connectivity index (χ0v) is 7.46. The van der Waals surface area contributed by atoms with Crippen molar-refractivity contribution in [2.75, 3.05) is 0 Å². The summed E-state index contributed by atoms with van der Waals surface area (Å²) in [5.74, 6) is 3.20. The minimum absolute atomic E-state index is 0.396. The Kier molecular flexibility index (Phi) is 3.41. The van der Waals surface area contributed by atoms with Gasteiger partial charge in [0, 0.05) is 5.92 Å². The molecule has 1 aromatic rings. The lowest BCUT2D eigenvalue weighted by molar-refractivity contribution is 0.647. The Morgan fingerprint density at radius 1 is 1.33 bits per heavy atom. The fourth-order valence-corrected chi connectivity index (χ4v) is 1.22. The van der Waals surface area contributed by atoms with Gasteiger partial charge in [-0.1, -0.05) is 37.3 Å². The molecule has 62 valence electrons. The van der Waals surface area contributed by atoms with Crippen molar-refractivity contribution in [1.82, 2.24) is 0 Å². The van der Waals surface area contributed by atoms with Gasteiger partial charge in [-0.2, -0.15) is 0 Å². The predicted molar refractivity (Wildman–Crippen MR) is 52.8 cm³/mol. The first-order valence-electron chi connectivity index (χ1n) is 4.37. The molecule has 1 atom stereocenters. The molecule has 0 aliphatic rings. The van der Waals surface area contributed by atoms with Crippen molar-refractivity contribution in [2.45, 2.75) is 19.8 Å². The van der Waals surface area contributed by atoms with Gasteiger partial charge in [-0.15, -0.1) is 12.3 Å². The second-order valence-electron chi connectivity index (χ2n) is 2.96. The van der Waals surface area contributed by atoms with E-state index in [0.717, 1.165) is 12.8 Å². The number of rotatable bonds is 3. The van der Waals surface area contributed by atoms with E-state index in [9.17, 15) is 0 Å². The van der Waals surface area contributed by atoms with E-state index in [2.05, 4.69) is 37.1 Å². The topological polar surface area (TPSA) is 0 Å². The highest BCUT2D eigenvalue weighted by Crippen LogP contribution is 2.10. The van der Waals surface area contributed by atoms with E-state index in [1.807, 2.05) is 6.07 Å². The Morgan fingerprint density at radius 2 is 2.00 bits per heavy atom. The summed E-state index contributed by atoms with van der Waals surface area (Å²) in [5.41, 5.74) is 1.34. The first-order chi connectivity index (χ1) is 5.86. The van der Waals surface area contributed by atoms with Crippen molar-refractivity contribution in [3.8, 4) is 12.3 Å². The van der Waals surface area contributed by atoms with Crippen LogP contribution in [0.3, 0.4) is 0 Å². The summed E-state index contributed by atoms with van der Waals surface area (Å²) in [6.45, 7) is 2.13. The fourth-order valence-electron chi connectivity index (χ4n) is 1.22. The van der Waals surface area contributed by atoms with Crippen LogP contribution in [0.4, 0.5) is 0 Å². The highest BCUT2D eigenvalue weighted by Gasteiger charge is 2.01. The van der Waals surface area contributed by atoms with Crippen LogP contribution in [0.1, 0.15) is 18.9 Å². The molecule has 0 heteroatoms. The zero-order chi connectivity index (χ0) is 8.81. The maximum absolute atomic E-state index is 5.38. The van der Waals surface area contributed by atoms with Crippen LogP contribution < -0.4 is 0 Å². The van der Waals surface area contributed by atoms with Crippen LogP contribution in [0.25, 0.3) is 0 Å². The third-order valence-electron chi connectivity index (χ3n) is 2.05. The number of benzene rings is 1. The maximum atomic E-state index is 5.38. The van der Waals surface area contributed by atoms with Crippen LogP contribution >= 0.6 is 0 Å². The largest absolute Gasteiger partial charge is 0.120 e. The van der Waals surface area contributed by atoms with Gasteiger partial charge >= 0.3 is 0 Å². The van der Waals surface area contributed by atoms with E-state index in [4.69, 9.17) is 6.42 Å². The van der Waals surface area contributed by atoms with E-state index in [1.165, 1.54) is 5.56 Å². The van der Waals surface area contributed by atoms with Crippen molar-refractivity contribution >= 4 is 0 Å². The highest BCUT2D eigenvalue weighted by molar-refractivity contribution is 5.17. The Balaban J connectivity index is 2.58. The summed E-state index contributed by atoms with van der Waals surface area (Å²) < 4.78 is 0. The molecule has 0 bridgehead atoms. The van der Waals surface area contributed by atoms with Crippen LogP contribution in [0.15, 0.2) is 30.3 Å². The standard InChI is InChI=1S/C12H14/c1-3-11(4-2)10-12-8-6-5-7-9-12/h1,5-9,11H,4,10H2,2H3. The molecule has 0 heterocycles. The molecule has 0 amide bonds. The molecule has 0 N–H and O–H groups in total. The van der Waals surface area contributed by atoms with Gasteiger partial charge in [0.2, 0.25) is 0 Å². The first-order valence-corrected chi connectivity index (χ1v) is 4.37. The molecule has 0 aromatic heterocycles. The molecular weight excluding hydrogens is 144 g/mol. The quantitative estimate of drug-likeness (QED) is 0.593. The Bertz CT molecular complexity index is 253. The Hall–Kier alpha value is -1.22. The lowest BCUT2D eigenvalue weighted by Gasteiger charge is -2.06. The summed E-state index contributed by atoms with van der Waals surface area (Å²) in [4.78, 5) is 0. The smallest absolute Gasteiger partial charge is 0.0238 e. The molecule has 0 aliphatic carbocycles. The summed E-state index contributed by atoms with van der Waals surface area (Å²) in [5, 5.41) is 0. The molecule has 1 aromatic carbocycles. The van der Waals surface area contributed by atoms with Crippen LogP contribution in [-0.2, 0) is 6.42 Å². The molecule has 0 spiro atoms. The SMILES string of the molecule is C#CC(CC)Cc1ccccc1. The van der Waals surface area contributed by atoms with Crippen LogP contribution in [0.5, 0.6) is 0 Å². The van der Waals surface area contributed by atoms with E-state index >= 15 is 0 Å². The normalized spacial score (nSPS) is 12.0. The number of hydrogen-bond acceptors (Lipinski definition) is 0. The van der Waals surface area contributed by atoms with Gasteiger partial charge in [0.1, 0.15) is 0 Å². The minimum Gasteiger partial charge on any atom is -0.120 e. The van der Waals surface area contributed by atoms with Gasteiger partial charge in [-0.3, -0.25) is 0 Å². The highest BCUT2D eigenvalue weighted by atomic mass is 14.0. The van der Waals surface area contributed by atoms with Crippen LogP contribution in [0.2, 0.25) is 0 Å². The van der Waals surface area contributed by atoms with Crippen molar-refractivity contribution in [2.24, 2.45) is 5.92 Å². The molecule has 1 unspecified atom stereocenters. The third-order valence-corrected chi connectivity index (χ3v) is 2.05. The van der Waals surface area contributed by atoms with Crippen molar-refractivity contribution in [3.63, 3.8) is 0 Å². The van der Waals surface area contributed by atoms with Gasteiger partial charge in [0.05, 0.1) is 0 Å². The van der Waals surface area contributed by atoms with Crippen LogP contribution in [-0.4, -0.2) is 0 Å². The molecule has 0 saturated carbocycles. The molecule has 0 radical (unpaired) electrons. The molecule has 0 saturated heterocycles. The zero-order valence-electron chi connectivity index (χ0n) is 7.46. The Morgan fingerprint density at radius 3 is 2.50 bits per heavy atom. The molecule has 12 heavy (non-hydrogen) atoms. The predicted octanol–water partition coefficient (Wildman–Crippen LogP) is 2.89. The van der Waals surface area contributed by atoms with E-state index < -0.39 is 0 Å². The van der Waals surface area contributed by atoms with Gasteiger partial charge in [0.25, 0.3) is 0 Å². The molecule has 1 rings (SSSR count). The summed E-state index contributed by atoms with van der Waals surface area (Å²) >= 11 is 0. The van der Waals surface area contributed by atoms with E-state index in [1.54, 1.807) is 0 Å². The van der Waals surface area contributed by atoms with E-state index in [-0.39, 0.29) is 0 Å². The number of hydrogen-bond donors (Lipinski definition) is 0. The monoisotopic (exact) mass is 158 g/mol. The lowest BCUT2D eigenvalue weighted by atomic mass is 9.98. The fraction of sp³-hybridized carbons (Fsp3) is 0.333. The van der Waals surface area contributed by atoms with Gasteiger partial charge < -0.3 is 0 Å². The number of terminal acetylenes is 1. The van der Waals surface area contributed by atoms with Crippen molar-refractivity contribution in [3.05, 3.63) is 35.9 Å². The second-order valence-corrected chi connectivity index (χ2v) is 2.96. The van der Waals surface area contributed by atoms with Crippen LogP contribution in [0, 0.1) is 18.3 Å². The van der Waals surface area contributed by atoms with Gasteiger partial charge in [-0.05, 0) is 18.4 Å². The van der Waals surface area contributed by atoms with E-state index in [0.29, 0.717) is 5.92 Å². The summed E-state index contributed by atoms with van der Waals surface area (Å²) in [6, 6.07) is 10.4. The Labute approximate surface area is 74.6 Å². The third kappa shape index (κ3) is 2.43. The first kappa shape index (κ1) is 8.87. The lowest BCUT2D eigenvalue weighted by Crippen LogP contribution is -1.99. The van der Waals surface area contributed by atoms with Crippen molar-refractivity contribution < 1.29 is 0 Å². The second kappa shape index (κ2) is 4.62. The summed E-state index contributed by atoms with van der Waals surface area (Å²) in [7, 11) is 0. The minimum atomic E-state index is 0.396. The molecule has 0 nitrogen and oxygen atoms in total. The van der Waals surface area contributed by atoms with Gasteiger partial charge in [-0.25, -0.2) is 0 Å². The summed E-state index contributed by atoms with van der Waals surface area (Å²) in [6.07, 6.45) is 7.45. The average Bonchev–Trinajstić information content (AvgIpc) is 2.16. The molecule has 0 fully saturated rings. The molecule has 0 aliphatic heterocycles. The maximum Gasteiger partial charge on any atom is 0.0238 e. The van der Waals surface area contributed by atoms with Crippen molar-refractivity contribution in [1.29, 1.82) is 0 Å².